The van der Waals surface area contributed by atoms with Gasteiger partial charge >= 0.3 is 0 Å². The summed E-state index contributed by atoms with van der Waals surface area (Å²) in [4.78, 5) is 11.4. The van der Waals surface area contributed by atoms with Crippen LogP contribution in [0.15, 0.2) is 16.7 Å². The van der Waals surface area contributed by atoms with Crippen molar-refractivity contribution in [3.05, 3.63) is 34.9 Å². The molecule has 7 nitrogen and oxygen atoms in total. The van der Waals surface area contributed by atoms with Crippen molar-refractivity contribution < 1.29 is 19.1 Å². The number of halogens is 1. The lowest BCUT2D eigenvalue weighted by atomic mass is 9.73. The van der Waals surface area contributed by atoms with Gasteiger partial charge in [0.25, 0.3) is 5.89 Å². The maximum atomic E-state index is 15.3. The fraction of sp³-hybridized carbons (Fsp3) is 0.577. The van der Waals surface area contributed by atoms with Crippen LogP contribution in [0, 0.1) is 31.0 Å². The molecule has 2 aliphatic carbocycles. The Morgan fingerprint density at radius 3 is 2.38 bits per heavy atom. The number of hydrogen-bond donors (Lipinski definition) is 2. The van der Waals surface area contributed by atoms with E-state index in [2.05, 4.69) is 21.1 Å². The number of benzene rings is 1. The minimum Gasteiger partial charge on any atom is -0.392 e. The molecule has 1 spiro atoms. The molecule has 1 aliphatic heterocycles. The third-order valence-corrected chi connectivity index (χ3v) is 8.34. The molecular formula is C26H31FN4O3. The number of aromatic nitrogens is 3. The number of pyridine rings is 1. The highest BCUT2D eigenvalue weighted by Gasteiger charge is 2.50. The minimum absolute atomic E-state index is 0.305. The van der Waals surface area contributed by atoms with Crippen molar-refractivity contribution in [3.63, 3.8) is 0 Å². The van der Waals surface area contributed by atoms with Crippen LogP contribution in [-0.2, 0) is 6.42 Å². The predicted molar refractivity (Wildman–Crippen MR) is 126 cm³/mol. The average molecular weight is 467 g/mol. The second kappa shape index (κ2) is 7.99. The van der Waals surface area contributed by atoms with E-state index >= 15 is 4.39 Å². The molecule has 2 N–H and O–H groups in total. The van der Waals surface area contributed by atoms with Crippen LogP contribution in [0.3, 0.4) is 0 Å². The molecule has 0 amide bonds. The first-order valence-electron chi connectivity index (χ1n) is 12.4. The summed E-state index contributed by atoms with van der Waals surface area (Å²) in [6.45, 7) is 4.96. The van der Waals surface area contributed by atoms with Gasteiger partial charge in [0.15, 0.2) is 5.82 Å². The number of rotatable bonds is 4. The van der Waals surface area contributed by atoms with E-state index in [1.807, 2.05) is 6.92 Å². The van der Waals surface area contributed by atoms with E-state index in [1.165, 1.54) is 12.8 Å². The van der Waals surface area contributed by atoms with E-state index in [9.17, 15) is 10.2 Å². The highest BCUT2D eigenvalue weighted by atomic mass is 19.1. The molecule has 0 radical (unpaired) electrons. The van der Waals surface area contributed by atoms with Crippen LogP contribution < -0.4 is 4.90 Å². The van der Waals surface area contributed by atoms with E-state index in [-0.39, 0.29) is 5.82 Å². The Morgan fingerprint density at radius 1 is 1.06 bits per heavy atom. The average Bonchev–Trinajstić information content (AvgIpc) is 3.47. The van der Waals surface area contributed by atoms with Crippen LogP contribution in [0.25, 0.3) is 22.4 Å². The Hall–Kier alpha value is -2.58. The van der Waals surface area contributed by atoms with Crippen molar-refractivity contribution in [3.8, 4) is 11.5 Å². The van der Waals surface area contributed by atoms with Crippen molar-refractivity contribution in [2.24, 2.45) is 11.3 Å². The number of nitrogens with zero attached hydrogens (tertiary/aromatic N) is 4. The molecule has 3 aromatic rings. The van der Waals surface area contributed by atoms with E-state index in [1.54, 1.807) is 13.0 Å². The van der Waals surface area contributed by atoms with Gasteiger partial charge in [-0.05, 0) is 88.0 Å². The minimum atomic E-state index is -0.489. The highest BCUT2D eigenvalue weighted by Crippen LogP contribution is 2.48. The second-order valence-electron chi connectivity index (χ2n) is 10.5. The van der Waals surface area contributed by atoms with Gasteiger partial charge in [0, 0.05) is 23.9 Å². The van der Waals surface area contributed by atoms with Crippen molar-refractivity contribution in [1.82, 2.24) is 15.1 Å². The van der Waals surface area contributed by atoms with Gasteiger partial charge < -0.3 is 19.6 Å². The molecule has 3 fully saturated rings. The van der Waals surface area contributed by atoms with Crippen molar-refractivity contribution in [1.29, 1.82) is 0 Å². The Kier molecular flexibility index (Phi) is 5.15. The van der Waals surface area contributed by atoms with Crippen LogP contribution in [0.4, 0.5) is 10.2 Å². The number of anilines is 1. The third-order valence-electron chi connectivity index (χ3n) is 8.34. The molecule has 2 atom stereocenters. The maximum absolute atomic E-state index is 15.3. The molecule has 2 unspecified atom stereocenters. The molecule has 2 aromatic heterocycles. The molecule has 1 aromatic carbocycles. The van der Waals surface area contributed by atoms with E-state index in [4.69, 9.17) is 9.51 Å². The van der Waals surface area contributed by atoms with Gasteiger partial charge in [-0.15, -0.1) is 0 Å². The fourth-order valence-electron chi connectivity index (χ4n) is 6.09. The largest absolute Gasteiger partial charge is 0.392 e. The molecule has 6 rings (SSSR count). The topological polar surface area (TPSA) is 95.5 Å². The Balaban J connectivity index is 1.44. The van der Waals surface area contributed by atoms with Gasteiger partial charge in [0.05, 0.1) is 17.8 Å². The van der Waals surface area contributed by atoms with Crippen LogP contribution in [0.2, 0.25) is 0 Å². The lowest BCUT2D eigenvalue weighted by Gasteiger charge is -2.44. The van der Waals surface area contributed by atoms with Crippen LogP contribution >= 0.6 is 0 Å². The number of fused-ring (bicyclic) bond motifs is 1. The summed E-state index contributed by atoms with van der Waals surface area (Å²) in [5.74, 6) is 1.89. The summed E-state index contributed by atoms with van der Waals surface area (Å²) in [5, 5.41) is 26.0. The van der Waals surface area contributed by atoms with Gasteiger partial charge in [-0.2, -0.15) is 4.98 Å². The summed E-state index contributed by atoms with van der Waals surface area (Å²) >= 11 is 0. The lowest BCUT2D eigenvalue weighted by molar-refractivity contribution is -0.0402. The highest BCUT2D eigenvalue weighted by molar-refractivity contribution is 5.93. The quantitative estimate of drug-likeness (QED) is 0.598. The Morgan fingerprint density at radius 2 is 1.76 bits per heavy atom. The summed E-state index contributed by atoms with van der Waals surface area (Å²) in [5.41, 5.74) is 2.50. The monoisotopic (exact) mass is 466 g/mol. The van der Waals surface area contributed by atoms with Gasteiger partial charge in [-0.1, -0.05) is 5.16 Å². The number of aliphatic hydroxyl groups is 2. The fourth-order valence-corrected chi connectivity index (χ4v) is 6.09. The van der Waals surface area contributed by atoms with Crippen LogP contribution in [-0.4, -0.2) is 50.6 Å². The molecule has 1 saturated heterocycles. The first kappa shape index (κ1) is 21.9. The summed E-state index contributed by atoms with van der Waals surface area (Å²) in [6.07, 6.45) is 4.91. The van der Waals surface area contributed by atoms with E-state index < -0.39 is 17.6 Å². The zero-order valence-corrected chi connectivity index (χ0v) is 19.7. The standard InChI is InChI=1S/C26H31FN4O3/c1-14-18-12-17(11-16-3-4-16)13-19(27)23(18)29-24(22(14)25-28-15(2)30-34-25)31-9-7-26(8-10-31)20(32)5-6-21(26)33/h12-13,16,20-21,32-33H,3-11H2,1-2H3. The summed E-state index contributed by atoms with van der Waals surface area (Å²) in [7, 11) is 0. The maximum Gasteiger partial charge on any atom is 0.261 e. The normalized spacial score (nSPS) is 24.4. The van der Waals surface area contributed by atoms with Gasteiger partial charge in [0.1, 0.15) is 17.2 Å². The van der Waals surface area contributed by atoms with Gasteiger partial charge in [-0.3, -0.25) is 0 Å². The second-order valence-corrected chi connectivity index (χ2v) is 10.5. The Bertz CT molecular complexity index is 1230. The van der Waals surface area contributed by atoms with Gasteiger partial charge in [-0.25, -0.2) is 9.37 Å². The SMILES string of the molecule is Cc1noc(-c2c(N3CCC4(CC3)C(O)CCC4O)nc3c(F)cc(CC4CC4)cc3c2C)n1. The lowest BCUT2D eigenvalue weighted by Crippen LogP contribution is -2.49. The van der Waals surface area contributed by atoms with Gasteiger partial charge in [0.2, 0.25) is 0 Å². The first-order chi connectivity index (χ1) is 16.4. The molecular weight excluding hydrogens is 435 g/mol. The number of hydrogen-bond acceptors (Lipinski definition) is 7. The molecule has 0 bridgehead atoms. The van der Waals surface area contributed by atoms with E-state index in [0.29, 0.717) is 67.7 Å². The Labute approximate surface area is 198 Å². The van der Waals surface area contributed by atoms with Crippen molar-refractivity contribution >= 4 is 16.7 Å². The molecule has 8 heteroatoms. The predicted octanol–water partition coefficient (Wildman–Crippen LogP) is 4.10. The zero-order chi connectivity index (χ0) is 23.6. The number of aryl methyl sites for hydroxylation is 2. The van der Waals surface area contributed by atoms with E-state index in [0.717, 1.165) is 28.5 Å². The number of aliphatic hydroxyl groups excluding tert-OH is 2. The molecule has 34 heavy (non-hydrogen) atoms. The summed E-state index contributed by atoms with van der Waals surface area (Å²) < 4.78 is 20.9. The molecule has 2 saturated carbocycles. The third kappa shape index (κ3) is 3.50. The van der Waals surface area contributed by atoms with Crippen LogP contribution in [0.1, 0.15) is 55.5 Å². The van der Waals surface area contributed by atoms with Crippen molar-refractivity contribution in [2.45, 2.75) is 71.0 Å². The van der Waals surface area contributed by atoms with Crippen LogP contribution in [0.5, 0.6) is 0 Å². The molecule has 3 heterocycles. The smallest absolute Gasteiger partial charge is 0.261 e. The first-order valence-corrected chi connectivity index (χ1v) is 12.4. The molecule has 3 aliphatic rings. The number of piperidine rings is 1. The zero-order valence-electron chi connectivity index (χ0n) is 19.7. The van der Waals surface area contributed by atoms with Crippen molar-refractivity contribution in [2.75, 3.05) is 18.0 Å². The summed E-state index contributed by atoms with van der Waals surface area (Å²) in [6, 6.07) is 3.69. The molecule has 180 valence electrons.